The number of ether oxygens (including phenoxy) is 1. The van der Waals surface area contributed by atoms with Gasteiger partial charge in [0.2, 0.25) is 0 Å². The molecule has 0 unspecified atom stereocenters. The first-order chi connectivity index (χ1) is 14.2. The highest BCUT2D eigenvalue weighted by Gasteiger charge is 2.47. The number of H-pyrrole nitrogens is 1. The van der Waals surface area contributed by atoms with Gasteiger partial charge >= 0.3 is 0 Å². The molecule has 5 rings (SSSR count). The van der Waals surface area contributed by atoms with E-state index in [0.717, 1.165) is 43.0 Å². The second kappa shape index (κ2) is 7.92. The molecule has 1 saturated carbocycles. The van der Waals surface area contributed by atoms with E-state index < -0.39 is 0 Å². The molecule has 1 aliphatic heterocycles. The fourth-order valence-electron chi connectivity index (χ4n) is 5.20. The maximum atomic E-state index is 13.8. The Balaban J connectivity index is 0.000000994. The third-order valence-corrected chi connectivity index (χ3v) is 6.77. The Bertz CT molecular complexity index is 971. The predicted octanol–water partition coefficient (Wildman–Crippen LogP) is 5.79. The number of hydrogen-bond donors (Lipinski definition) is 2. The second-order valence-electron chi connectivity index (χ2n) is 7.96. The summed E-state index contributed by atoms with van der Waals surface area (Å²) in [6, 6.07) is 15.8. The number of aromatic nitrogens is 1. The lowest BCUT2D eigenvalue weighted by molar-refractivity contribution is -0.101. The first-order valence-corrected chi connectivity index (χ1v) is 10.8. The summed E-state index contributed by atoms with van der Waals surface area (Å²) in [6.45, 7) is 4.70. The van der Waals surface area contributed by atoms with Crippen LogP contribution in [0.4, 0.5) is 4.39 Å². The molecular formula is C25H31FN2O. The number of fused-ring (bicyclic) bond motifs is 4. The van der Waals surface area contributed by atoms with Gasteiger partial charge in [-0.15, -0.1) is 0 Å². The highest BCUT2D eigenvalue weighted by molar-refractivity contribution is 5.85. The van der Waals surface area contributed by atoms with Crippen LogP contribution in [0.15, 0.2) is 48.5 Å². The summed E-state index contributed by atoms with van der Waals surface area (Å²) in [6.07, 6.45) is 4.76. The summed E-state index contributed by atoms with van der Waals surface area (Å²) in [5, 5.41) is 4.61. The number of nitrogens with one attached hydrogen (secondary N) is 2. The largest absolute Gasteiger partial charge is 0.368 e. The average Bonchev–Trinajstić information content (AvgIpc) is 3.16. The van der Waals surface area contributed by atoms with Gasteiger partial charge in [0.25, 0.3) is 0 Å². The van der Waals surface area contributed by atoms with Gasteiger partial charge in [-0.1, -0.05) is 44.2 Å². The molecule has 3 nitrogen and oxygen atoms in total. The van der Waals surface area contributed by atoms with Crippen LogP contribution in [0.2, 0.25) is 0 Å². The molecular weight excluding hydrogens is 363 g/mol. The van der Waals surface area contributed by atoms with Gasteiger partial charge in [-0.2, -0.15) is 0 Å². The minimum Gasteiger partial charge on any atom is -0.368 e. The van der Waals surface area contributed by atoms with E-state index in [1.807, 2.05) is 19.9 Å². The minimum atomic E-state index is -0.280. The lowest BCUT2D eigenvalue weighted by atomic mass is 9.68. The quantitative estimate of drug-likeness (QED) is 0.577. The van der Waals surface area contributed by atoms with Gasteiger partial charge in [0.15, 0.2) is 0 Å². The molecule has 1 spiro atoms. The monoisotopic (exact) mass is 394 g/mol. The van der Waals surface area contributed by atoms with Crippen LogP contribution in [-0.4, -0.2) is 18.6 Å². The minimum absolute atomic E-state index is 0.00833. The summed E-state index contributed by atoms with van der Waals surface area (Å²) in [4.78, 5) is 3.58. The van der Waals surface area contributed by atoms with Crippen LogP contribution >= 0.6 is 0 Å². The van der Waals surface area contributed by atoms with E-state index in [1.54, 1.807) is 6.07 Å². The zero-order valence-corrected chi connectivity index (χ0v) is 17.6. The maximum Gasteiger partial charge on any atom is 0.123 e. The Kier molecular flexibility index (Phi) is 5.50. The maximum absolute atomic E-state index is 13.8. The summed E-state index contributed by atoms with van der Waals surface area (Å²) < 4.78 is 20.2. The Labute approximate surface area is 172 Å². The number of hydrogen-bond acceptors (Lipinski definition) is 2. The van der Waals surface area contributed by atoms with Gasteiger partial charge in [0.05, 0.1) is 12.3 Å². The van der Waals surface area contributed by atoms with Crippen molar-refractivity contribution in [2.75, 3.05) is 13.7 Å². The van der Waals surface area contributed by atoms with Crippen molar-refractivity contribution in [2.24, 2.45) is 0 Å². The predicted molar refractivity (Wildman–Crippen MR) is 117 cm³/mol. The van der Waals surface area contributed by atoms with E-state index in [4.69, 9.17) is 4.74 Å². The molecule has 0 radical (unpaired) electrons. The molecule has 1 fully saturated rings. The van der Waals surface area contributed by atoms with Crippen molar-refractivity contribution in [3.05, 3.63) is 71.2 Å². The normalized spacial score (nSPS) is 26.1. The van der Waals surface area contributed by atoms with Crippen LogP contribution in [0.1, 0.15) is 56.4 Å². The summed E-state index contributed by atoms with van der Waals surface area (Å²) in [5.41, 5.74) is 4.49. The molecule has 2 heterocycles. The second-order valence-corrected chi connectivity index (χ2v) is 7.96. The highest BCUT2D eigenvalue weighted by Crippen LogP contribution is 2.50. The fourth-order valence-corrected chi connectivity index (χ4v) is 5.20. The molecule has 4 heteroatoms. The smallest absolute Gasteiger partial charge is 0.123 e. The number of rotatable bonds is 2. The van der Waals surface area contributed by atoms with Gasteiger partial charge < -0.3 is 15.0 Å². The number of benzene rings is 2. The first kappa shape index (κ1) is 20.1. The van der Waals surface area contributed by atoms with Gasteiger partial charge in [0, 0.05) is 16.4 Å². The van der Waals surface area contributed by atoms with E-state index >= 15 is 0 Å². The fraction of sp³-hybridized carbons (Fsp3) is 0.440. The number of aromatic amines is 1. The Morgan fingerprint density at radius 2 is 1.72 bits per heavy atom. The van der Waals surface area contributed by atoms with Gasteiger partial charge in [-0.25, -0.2) is 4.39 Å². The molecule has 1 aliphatic carbocycles. The molecule has 2 aromatic carbocycles. The Morgan fingerprint density at radius 1 is 1.00 bits per heavy atom. The molecule has 2 aliphatic rings. The topological polar surface area (TPSA) is 37.0 Å². The van der Waals surface area contributed by atoms with Gasteiger partial charge in [-0.05, 0) is 68.5 Å². The molecule has 1 aromatic heterocycles. The third-order valence-electron chi connectivity index (χ3n) is 6.77. The van der Waals surface area contributed by atoms with Crippen LogP contribution in [0.25, 0.3) is 10.9 Å². The number of halogens is 1. The van der Waals surface area contributed by atoms with Crippen LogP contribution in [0.5, 0.6) is 0 Å². The summed E-state index contributed by atoms with van der Waals surface area (Å²) in [7, 11) is 2.06. The van der Waals surface area contributed by atoms with Crippen molar-refractivity contribution < 1.29 is 9.13 Å². The van der Waals surface area contributed by atoms with Gasteiger partial charge in [0.1, 0.15) is 11.4 Å². The average molecular weight is 395 g/mol. The van der Waals surface area contributed by atoms with E-state index in [1.165, 1.54) is 22.9 Å². The molecule has 29 heavy (non-hydrogen) atoms. The van der Waals surface area contributed by atoms with E-state index in [2.05, 4.69) is 47.7 Å². The Hall–Kier alpha value is -2.17. The zero-order chi connectivity index (χ0) is 20.5. The van der Waals surface area contributed by atoms with Crippen LogP contribution in [0.3, 0.4) is 0 Å². The van der Waals surface area contributed by atoms with Crippen molar-refractivity contribution in [3.8, 4) is 0 Å². The molecule has 0 bridgehead atoms. The Morgan fingerprint density at radius 3 is 2.41 bits per heavy atom. The molecule has 3 aromatic rings. The standard InChI is InChI=1S/C23H25FN2O.C2H6/c1-25-22(16-5-3-2-4-6-16)10-12-23(13-11-22)21-18(9-14-27-23)19-15-17(24)7-8-20(19)26-21;1-2/h2-8,15,25-26H,9-14H2,1H3;1-2H3. The first-order valence-electron chi connectivity index (χ1n) is 10.8. The SMILES string of the molecule is CC.CNC1(c2ccccc2)CCC2(CC1)OCCc1c2[nH]c2ccc(F)cc12. The lowest BCUT2D eigenvalue weighted by Gasteiger charge is -2.48. The van der Waals surface area contributed by atoms with Crippen molar-refractivity contribution in [1.29, 1.82) is 0 Å². The van der Waals surface area contributed by atoms with Crippen LogP contribution in [-0.2, 0) is 22.3 Å². The highest BCUT2D eigenvalue weighted by atomic mass is 19.1. The molecule has 0 saturated heterocycles. The van der Waals surface area contributed by atoms with Crippen LogP contribution < -0.4 is 5.32 Å². The summed E-state index contributed by atoms with van der Waals surface area (Å²) >= 11 is 0. The van der Waals surface area contributed by atoms with Crippen molar-refractivity contribution in [1.82, 2.24) is 10.3 Å². The van der Waals surface area contributed by atoms with Crippen molar-refractivity contribution in [2.45, 2.75) is 57.1 Å². The molecule has 0 amide bonds. The summed E-state index contributed by atoms with van der Waals surface area (Å²) in [5.74, 6) is -0.174. The van der Waals surface area contributed by atoms with Crippen LogP contribution in [0, 0.1) is 5.82 Å². The molecule has 0 atom stereocenters. The van der Waals surface area contributed by atoms with Crippen molar-refractivity contribution in [3.63, 3.8) is 0 Å². The molecule has 2 N–H and O–H groups in total. The van der Waals surface area contributed by atoms with E-state index in [9.17, 15) is 4.39 Å². The van der Waals surface area contributed by atoms with E-state index in [-0.39, 0.29) is 17.0 Å². The van der Waals surface area contributed by atoms with Crippen molar-refractivity contribution >= 4 is 10.9 Å². The van der Waals surface area contributed by atoms with Gasteiger partial charge in [-0.3, -0.25) is 0 Å². The lowest BCUT2D eigenvalue weighted by Crippen LogP contribution is -2.49. The zero-order valence-electron chi connectivity index (χ0n) is 17.6. The third kappa shape index (κ3) is 3.28. The van der Waals surface area contributed by atoms with E-state index in [0.29, 0.717) is 6.61 Å². The molecule has 154 valence electrons.